The highest BCUT2D eigenvalue weighted by Gasteiger charge is 2.23. The Morgan fingerprint density at radius 3 is 1.65 bits per heavy atom. The summed E-state index contributed by atoms with van der Waals surface area (Å²) in [4.78, 5) is 0. The Balaban J connectivity index is 1.71. The van der Waals surface area contributed by atoms with E-state index in [0.717, 1.165) is 25.0 Å². The molecule has 0 aliphatic heterocycles. The zero-order valence-electron chi connectivity index (χ0n) is 11.7. The number of ether oxygens (including phenoxy) is 1. The lowest BCUT2D eigenvalue weighted by Crippen LogP contribution is -2.14. The maximum Gasteiger partial charge on any atom is 0.0531 e. The van der Waals surface area contributed by atoms with E-state index in [1.165, 1.54) is 24.0 Å². The molecule has 17 heavy (non-hydrogen) atoms. The first-order valence-corrected chi connectivity index (χ1v) is 7.00. The van der Waals surface area contributed by atoms with Crippen LogP contribution >= 0.6 is 0 Å². The van der Waals surface area contributed by atoms with Gasteiger partial charge >= 0.3 is 0 Å². The van der Waals surface area contributed by atoms with Crippen molar-refractivity contribution >= 4 is 0 Å². The van der Waals surface area contributed by atoms with Crippen LogP contribution in [0.5, 0.6) is 0 Å². The summed E-state index contributed by atoms with van der Waals surface area (Å²) >= 11 is 0. The average molecular weight is 234 g/mol. The highest BCUT2D eigenvalue weighted by molar-refractivity contribution is 5.13. The Morgan fingerprint density at radius 2 is 1.35 bits per heavy atom. The molecule has 0 N–H and O–H groups in total. The quantitative estimate of drug-likeness (QED) is 0.662. The zero-order chi connectivity index (χ0) is 12.4. The van der Waals surface area contributed by atoms with Gasteiger partial charge in [-0.05, 0) is 38.5 Å². The van der Waals surface area contributed by atoms with Gasteiger partial charge in [-0.25, -0.2) is 0 Å². The minimum Gasteiger partial charge on any atom is -0.380 e. The number of allylic oxidation sites excluding steroid dienone is 2. The molecule has 4 unspecified atom stereocenters. The average Bonchev–Trinajstić information content (AvgIpc) is 2.71. The van der Waals surface area contributed by atoms with Crippen molar-refractivity contribution in [1.82, 2.24) is 0 Å². The summed E-state index contributed by atoms with van der Waals surface area (Å²) < 4.78 is 5.96. The smallest absolute Gasteiger partial charge is 0.0531 e. The van der Waals surface area contributed by atoms with Crippen molar-refractivity contribution in [3.8, 4) is 0 Å². The predicted octanol–water partition coefficient (Wildman–Crippen LogP) is 4.21. The molecule has 2 aliphatic rings. The normalized spacial score (nSPS) is 37.2. The fraction of sp³-hybridized carbons (Fsp3) is 0.750. The van der Waals surface area contributed by atoms with Crippen molar-refractivity contribution in [3.05, 3.63) is 23.3 Å². The molecule has 0 heterocycles. The molecule has 1 nitrogen and oxygen atoms in total. The molecular formula is C16H26O. The number of hydrogen-bond donors (Lipinski definition) is 0. The van der Waals surface area contributed by atoms with Gasteiger partial charge in [-0.3, -0.25) is 0 Å². The van der Waals surface area contributed by atoms with Gasteiger partial charge in [0.25, 0.3) is 0 Å². The minimum absolute atomic E-state index is 0.674. The minimum atomic E-state index is 0.674. The molecule has 0 saturated carbocycles. The van der Waals surface area contributed by atoms with Crippen LogP contribution in [0.4, 0.5) is 0 Å². The third-order valence-corrected chi connectivity index (χ3v) is 4.33. The van der Waals surface area contributed by atoms with Gasteiger partial charge in [-0.1, -0.05) is 37.1 Å². The maximum absolute atomic E-state index is 5.96. The van der Waals surface area contributed by atoms with E-state index < -0.39 is 0 Å². The molecule has 0 aromatic rings. The summed E-state index contributed by atoms with van der Waals surface area (Å²) in [5.74, 6) is 2.84. The van der Waals surface area contributed by atoms with Crippen molar-refractivity contribution in [2.75, 3.05) is 13.2 Å². The zero-order valence-corrected chi connectivity index (χ0v) is 11.7. The van der Waals surface area contributed by atoms with Crippen LogP contribution in [0.25, 0.3) is 0 Å². The number of hydrogen-bond acceptors (Lipinski definition) is 1. The molecule has 0 spiro atoms. The molecule has 0 saturated heterocycles. The second-order valence-corrected chi connectivity index (χ2v) is 6.18. The topological polar surface area (TPSA) is 9.23 Å². The van der Waals surface area contributed by atoms with E-state index in [2.05, 4.69) is 39.8 Å². The fourth-order valence-electron chi connectivity index (χ4n) is 3.33. The predicted molar refractivity (Wildman–Crippen MR) is 72.9 cm³/mol. The van der Waals surface area contributed by atoms with Crippen LogP contribution in [0.2, 0.25) is 0 Å². The van der Waals surface area contributed by atoms with Crippen LogP contribution in [-0.4, -0.2) is 13.2 Å². The lowest BCUT2D eigenvalue weighted by atomic mass is 10.0. The van der Waals surface area contributed by atoms with Gasteiger partial charge in [0.1, 0.15) is 0 Å². The molecule has 2 aliphatic carbocycles. The molecule has 0 bridgehead atoms. The van der Waals surface area contributed by atoms with Crippen molar-refractivity contribution in [1.29, 1.82) is 0 Å². The van der Waals surface area contributed by atoms with Crippen molar-refractivity contribution in [2.45, 2.75) is 40.5 Å². The number of rotatable bonds is 4. The van der Waals surface area contributed by atoms with Crippen LogP contribution in [0.3, 0.4) is 0 Å². The van der Waals surface area contributed by atoms with Crippen LogP contribution < -0.4 is 0 Å². The third-order valence-electron chi connectivity index (χ3n) is 4.33. The first-order chi connectivity index (χ1) is 8.06. The standard InChI is InChI=1S/C16H26O/c1-11-5-13(3)15(7-11)9-17-10-16-8-12(2)6-14(16)4/h5-6,11-12,15-16H,7-10H2,1-4H3. The molecular weight excluding hydrogens is 208 g/mol. The first kappa shape index (κ1) is 12.9. The summed E-state index contributed by atoms with van der Waals surface area (Å²) in [5, 5.41) is 0. The van der Waals surface area contributed by atoms with E-state index >= 15 is 0 Å². The van der Waals surface area contributed by atoms with Gasteiger partial charge in [-0.15, -0.1) is 0 Å². The first-order valence-electron chi connectivity index (χ1n) is 7.00. The van der Waals surface area contributed by atoms with Gasteiger partial charge in [-0.2, -0.15) is 0 Å². The lowest BCUT2D eigenvalue weighted by Gasteiger charge is -2.17. The Bertz CT molecular complexity index is 294. The van der Waals surface area contributed by atoms with Crippen molar-refractivity contribution in [3.63, 3.8) is 0 Å². The second-order valence-electron chi connectivity index (χ2n) is 6.18. The fourth-order valence-corrected chi connectivity index (χ4v) is 3.33. The largest absolute Gasteiger partial charge is 0.380 e. The molecule has 0 fully saturated rings. The van der Waals surface area contributed by atoms with E-state index in [1.807, 2.05) is 0 Å². The Kier molecular flexibility index (Phi) is 4.09. The molecule has 0 amide bonds. The van der Waals surface area contributed by atoms with Gasteiger partial charge in [0.2, 0.25) is 0 Å². The van der Waals surface area contributed by atoms with Gasteiger partial charge in [0.05, 0.1) is 13.2 Å². The molecule has 96 valence electrons. The SMILES string of the molecule is CC1=CC(C)CC1COCC1CC(C)C=C1C. The van der Waals surface area contributed by atoms with E-state index in [4.69, 9.17) is 4.74 Å². The van der Waals surface area contributed by atoms with Gasteiger partial charge in [0.15, 0.2) is 0 Å². The van der Waals surface area contributed by atoms with E-state index in [1.54, 1.807) is 0 Å². The third kappa shape index (κ3) is 3.22. The summed E-state index contributed by atoms with van der Waals surface area (Å²) in [5.41, 5.74) is 3.06. The summed E-state index contributed by atoms with van der Waals surface area (Å²) in [6, 6.07) is 0. The highest BCUT2D eigenvalue weighted by Crippen LogP contribution is 2.32. The maximum atomic E-state index is 5.96. The van der Waals surface area contributed by atoms with Gasteiger partial charge in [0, 0.05) is 11.8 Å². The monoisotopic (exact) mass is 234 g/mol. The van der Waals surface area contributed by atoms with Crippen LogP contribution in [-0.2, 0) is 4.74 Å². The summed E-state index contributed by atoms with van der Waals surface area (Å²) in [6.45, 7) is 10.9. The molecule has 0 radical (unpaired) electrons. The molecule has 1 heteroatoms. The van der Waals surface area contributed by atoms with Crippen LogP contribution in [0.15, 0.2) is 23.3 Å². The Hall–Kier alpha value is -0.560. The van der Waals surface area contributed by atoms with Crippen LogP contribution in [0.1, 0.15) is 40.5 Å². The van der Waals surface area contributed by atoms with Crippen LogP contribution in [0, 0.1) is 23.7 Å². The van der Waals surface area contributed by atoms with Crippen molar-refractivity contribution < 1.29 is 4.74 Å². The van der Waals surface area contributed by atoms with Crippen molar-refractivity contribution in [2.24, 2.45) is 23.7 Å². The van der Waals surface area contributed by atoms with E-state index in [-0.39, 0.29) is 0 Å². The Labute approximate surface area is 106 Å². The van der Waals surface area contributed by atoms with E-state index in [0.29, 0.717) is 11.8 Å². The molecule has 0 aromatic heterocycles. The molecule has 4 atom stereocenters. The Morgan fingerprint density at radius 1 is 0.941 bits per heavy atom. The van der Waals surface area contributed by atoms with Gasteiger partial charge < -0.3 is 4.74 Å². The molecule has 2 rings (SSSR count). The highest BCUT2D eigenvalue weighted by atomic mass is 16.5. The van der Waals surface area contributed by atoms with E-state index in [9.17, 15) is 0 Å². The molecule has 0 aromatic carbocycles. The second kappa shape index (κ2) is 5.39. The summed E-state index contributed by atoms with van der Waals surface area (Å²) in [6.07, 6.45) is 7.36. The lowest BCUT2D eigenvalue weighted by molar-refractivity contribution is 0.0849. The summed E-state index contributed by atoms with van der Waals surface area (Å²) in [7, 11) is 0.